The van der Waals surface area contributed by atoms with Gasteiger partial charge in [0.25, 0.3) is 5.91 Å². The van der Waals surface area contributed by atoms with Crippen LogP contribution in [-0.4, -0.2) is 43.0 Å². The fourth-order valence-electron chi connectivity index (χ4n) is 5.14. The van der Waals surface area contributed by atoms with Crippen molar-refractivity contribution < 1.29 is 18.3 Å². The van der Waals surface area contributed by atoms with Crippen molar-refractivity contribution in [3.8, 4) is 16.9 Å². The van der Waals surface area contributed by atoms with E-state index in [2.05, 4.69) is 16.0 Å². The van der Waals surface area contributed by atoms with E-state index in [1.54, 1.807) is 18.2 Å². The van der Waals surface area contributed by atoms with Gasteiger partial charge in [0.1, 0.15) is 28.1 Å². The van der Waals surface area contributed by atoms with Crippen molar-refractivity contribution in [3.63, 3.8) is 0 Å². The number of halogens is 3. The van der Waals surface area contributed by atoms with E-state index < -0.39 is 11.6 Å². The van der Waals surface area contributed by atoms with Crippen molar-refractivity contribution >= 4 is 44.7 Å². The Kier molecular flexibility index (Phi) is 9.95. The SMILES string of the molecule is CN.CNc1cc(-c2ccc(OC)c(CN(C(=O)c3sc4c(F)ccc(F)c4c3Cl)C3CCCCC3)c2)ccn1. The molecule has 0 radical (unpaired) electrons. The minimum Gasteiger partial charge on any atom is -0.496 e. The predicted molar refractivity (Wildman–Crippen MR) is 159 cm³/mol. The standard InChI is InChI=1S/C29H28ClF2N3O2S.CH5N/c1-33-24-15-18(12-13-34-24)17-8-11-23(37-2)19(14-17)16-35(20-6-4-3-5-7-20)29(36)28-26(30)25-21(31)9-10-22(32)27(25)38-28;1-2/h8-15,20H,3-7,16H2,1-2H3,(H,33,34);2H2,1H3. The Hall–Kier alpha value is -3.27. The van der Waals surface area contributed by atoms with Crippen LogP contribution in [0.4, 0.5) is 14.6 Å². The van der Waals surface area contributed by atoms with Crippen molar-refractivity contribution in [2.45, 2.75) is 44.7 Å². The average molecular weight is 587 g/mol. The highest BCUT2D eigenvalue weighted by Crippen LogP contribution is 2.40. The van der Waals surface area contributed by atoms with Gasteiger partial charge < -0.3 is 20.7 Å². The molecule has 212 valence electrons. The summed E-state index contributed by atoms with van der Waals surface area (Å²) in [4.78, 5) is 20.3. The Balaban J connectivity index is 0.00000181. The van der Waals surface area contributed by atoms with Gasteiger partial charge in [-0.1, -0.05) is 36.9 Å². The number of rotatable bonds is 7. The molecular weight excluding hydrogens is 554 g/mol. The summed E-state index contributed by atoms with van der Waals surface area (Å²) < 4.78 is 34.8. The number of fused-ring (bicyclic) bond motifs is 1. The number of nitrogens with zero attached hydrogens (tertiary/aromatic N) is 2. The number of amides is 1. The molecule has 5 rings (SSSR count). The number of benzene rings is 2. The van der Waals surface area contributed by atoms with E-state index in [1.165, 1.54) is 7.05 Å². The fraction of sp³-hybridized carbons (Fsp3) is 0.333. The Morgan fingerprint density at radius 3 is 2.48 bits per heavy atom. The van der Waals surface area contributed by atoms with Crippen LogP contribution in [0.25, 0.3) is 21.2 Å². The first-order chi connectivity index (χ1) is 19.4. The van der Waals surface area contributed by atoms with Crippen LogP contribution < -0.4 is 15.8 Å². The van der Waals surface area contributed by atoms with Crippen molar-refractivity contribution in [1.82, 2.24) is 9.88 Å². The number of anilines is 1. The molecule has 1 amide bonds. The normalized spacial score (nSPS) is 13.5. The molecule has 0 unspecified atom stereocenters. The van der Waals surface area contributed by atoms with Gasteiger partial charge in [0.05, 0.1) is 22.2 Å². The second-order valence-corrected chi connectivity index (χ2v) is 10.8. The smallest absolute Gasteiger partial charge is 0.266 e. The van der Waals surface area contributed by atoms with E-state index in [9.17, 15) is 13.6 Å². The van der Waals surface area contributed by atoms with Crippen molar-refractivity contribution in [1.29, 1.82) is 0 Å². The zero-order chi connectivity index (χ0) is 28.8. The number of aromatic nitrogens is 1. The number of hydrogen-bond donors (Lipinski definition) is 2. The third-order valence-electron chi connectivity index (χ3n) is 7.12. The summed E-state index contributed by atoms with van der Waals surface area (Å²) in [6.07, 6.45) is 6.60. The van der Waals surface area contributed by atoms with Crippen LogP contribution >= 0.6 is 22.9 Å². The van der Waals surface area contributed by atoms with Gasteiger partial charge >= 0.3 is 0 Å². The predicted octanol–water partition coefficient (Wildman–Crippen LogP) is 7.50. The molecule has 0 aliphatic heterocycles. The van der Waals surface area contributed by atoms with Gasteiger partial charge in [-0.2, -0.15) is 0 Å². The number of hydrogen-bond acceptors (Lipinski definition) is 6. The summed E-state index contributed by atoms with van der Waals surface area (Å²) in [5.41, 5.74) is 7.27. The number of thiophene rings is 1. The molecule has 3 N–H and O–H groups in total. The summed E-state index contributed by atoms with van der Waals surface area (Å²) >= 11 is 7.43. The Morgan fingerprint density at radius 2 is 1.80 bits per heavy atom. The Bertz CT molecular complexity index is 1490. The summed E-state index contributed by atoms with van der Waals surface area (Å²) in [5, 5.41) is 2.98. The monoisotopic (exact) mass is 586 g/mol. The third-order valence-corrected chi connectivity index (χ3v) is 8.80. The largest absolute Gasteiger partial charge is 0.496 e. The minimum absolute atomic E-state index is 0.0163. The fourth-order valence-corrected chi connectivity index (χ4v) is 6.64. The topological polar surface area (TPSA) is 80.5 Å². The summed E-state index contributed by atoms with van der Waals surface area (Å²) in [5.74, 6) is -0.152. The quantitative estimate of drug-likeness (QED) is 0.234. The van der Waals surface area contributed by atoms with Crippen molar-refractivity contribution in [3.05, 3.63) is 75.8 Å². The van der Waals surface area contributed by atoms with E-state index in [-0.39, 0.29) is 38.5 Å². The van der Waals surface area contributed by atoms with E-state index >= 15 is 0 Å². The molecule has 2 aromatic heterocycles. The van der Waals surface area contributed by atoms with E-state index in [1.807, 2.05) is 37.4 Å². The summed E-state index contributed by atoms with van der Waals surface area (Å²) in [6, 6.07) is 11.8. The second-order valence-electron chi connectivity index (χ2n) is 9.41. The van der Waals surface area contributed by atoms with Crippen LogP contribution in [0.15, 0.2) is 48.7 Å². The van der Waals surface area contributed by atoms with Crippen LogP contribution in [0, 0.1) is 11.6 Å². The third kappa shape index (κ3) is 6.06. The molecule has 2 heterocycles. The molecule has 40 heavy (non-hydrogen) atoms. The summed E-state index contributed by atoms with van der Waals surface area (Å²) in [7, 11) is 4.92. The van der Waals surface area contributed by atoms with E-state index in [4.69, 9.17) is 16.3 Å². The van der Waals surface area contributed by atoms with Crippen LogP contribution in [0.2, 0.25) is 5.02 Å². The molecule has 0 bridgehead atoms. The number of pyridine rings is 1. The van der Waals surface area contributed by atoms with Crippen LogP contribution in [0.5, 0.6) is 5.75 Å². The van der Waals surface area contributed by atoms with Gasteiger partial charge in [0.2, 0.25) is 0 Å². The maximum atomic E-state index is 14.6. The molecule has 0 saturated heterocycles. The molecule has 6 nitrogen and oxygen atoms in total. The first-order valence-corrected chi connectivity index (χ1v) is 14.4. The number of carbonyl (C=O) groups excluding carboxylic acids is 1. The van der Waals surface area contributed by atoms with Gasteiger partial charge in [0.15, 0.2) is 0 Å². The van der Waals surface area contributed by atoms with Crippen LogP contribution in [0.3, 0.4) is 0 Å². The van der Waals surface area contributed by atoms with E-state index in [0.717, 1.165) is 78.1 Å². The molecule has 1 aliphatic rings. The molecule has 2 aromatic carbocycles. The maximum Gasteiger partial charge on any atom is 0.266 e. The lowest BCUT2D eigenvalue weighted by Crippen LogP contribution is -2.40. The second kappa shape index (κ2) is 13.4. The Morgan fingerprint density at radius 1 is 1.10 bits per heavy atom. The van der Waals surface area contributed by atoms with Crippen LogP contribution in [-0.2, 0) is 6.54 Å². The molecular formula is C30H33ClF2N4O2S. The number of nitrogens with one attached hydrogen (secondary N) is 1. The van der Waals surface area contributed by atoms with Crippen molar-refractivity contribution in [2.75, 3.05) is 26.5 Å². The van der Waals surface area contributed by atoms with E-state index in [0.29, 0.717) is 5.75 Å². The van der Waals surface area contributed by atoms with Gasteiger partial charge in [0, 0.05) is 31.4 Å². The van der Waals surface area contributed by atoms with Gasteiger partial charge in [-0.25, -0.2) is 13.8 Å². The number of methoxy groups -OCH3 is 1. The first kappa shape index (κ1) is 29.7. The van der Waals surface area contributed by atoms with Gasteiger partial charge in [-0.3, -0.25) is 4.79 Å². The number of ether oxygens (including phenoxy) is 1. The van der Waals surface area contributed by atoms with Crippen LogP contribution in [0.1, 0.15) is 47.3 Å². The molecule has 1 aliphatic carbocycles. The van der Waals surface area contributed by atoms with Crippen molar-refractivity contribution in [2.24, 2.45) is 5.73 Å². The number of nitrogens with two attached hydrogens (primary N) is 1. The Labute approximate surface area is 242 Å². The highest BCUT2D eigenvalue weighted by atomic mass is 35.5. The summed E-state index contributed by atoms with van der Waals surface area (Å²) in [6.45, 7) is 0.278. The highest BCUT2D eigenvalue weighted by Gasteiger charge is 2.31. The lowest BCUT2D eigenvalue weighted by atomic mass is 9.93. The maximum absolute atomic E-state index is 14.6. The molecule has 1 fully saturated rings. The lowest BCUT2D eigenvalue weighted by Gasteiger charge is -2.34. The molecule has 10 heteroatoms. The van der Waals surface area contributed by atoms with Gasteiger partial charge in [-0.05, 0) is 67.4 Å². The molecule has 0 atom stereocenters. The first-order valence-electron chi connectivity index (χ1n) is 13.2. The molecule has 1 saturated carbocycles. The van der Waals surface area contributed by atoms with Gasteiger partial charge in [-0.15, -0.1) is 11.3 Å². The lowest BCUT2D eigenvalue weighted by molar-refractivity contribution is 0.0618. The average Bonchev–Trinajstić information content (AvgIpc) is 3.37. The minimum atomic E-state index is -0.640. The highest BCUT2D eigenvalue weighted by molar-refractivity contribution is 7.21. The zero-order valence-electron chi connectivity index (χ0n) is 22.8. The number of carbonyl (C=O) groups is 1. The zero-order valence-corrected chi connectivity index (χ0v) is 24.3. The molecule has 4 aromatic rings. The molecule has 0 spiro atoms.